The Kier molecular flexibility index (Phi) is 9.83. The molecular weight excluding hydrogens is 246 g/mol. The van der Waals surface area contributed by atoms with Crippen LogP contribution in [0.1, 0.15) is 40.5 Å². The Morgan fingerprint density at radius 2 is 1.95 bits per heavy atom. The molecule has 0 aromatic rings. The van der Waals surface area contributed by atoms with Crippen molar-refractivity contribution in [2.45, 2.75) is 52.2 Å². The van der Waals surface area contributed by atoms with Gasteiger partial charge >= 0.3 is 5.97 Å². The number of nitrogens with one attached hydrogen (secondary N) is 1. The van der Waals surface area contributed by atoms with Crippen LogP contribution in [0.5, 0.6) is 0 Å². The topological polar surface area (TPSA) is 56.8 Å². The minimum absolute atomic E-state index is 0.225. The van der Waals surface area contributed by atoms with Gasteiger partial charge in [-0.05, 0) is 40.2 Å². The summed E-state index contributed by atoms with van der Waals surface area (Å²) >= 11 is 0. The number of carbonyl (C=O) groups is 1. The summed E-state index contributed by atoms with van der Waals surface area (Å²) in [4.78, 5) is 11.7. The molecule has 1 unspecified atom stereocenters. The summed E-state index contributed by atoms with van der Waals surface area (Å²) in [6.45, 7) is 10.4. The molecule has 0 heterocycles. The number of esters is 1. The van der Waals surface area contributed by atoms with Gasteiger partial charge in [-0.1, -0.05) is 6.92 Å². The minimum Gasteiger partial charge on any atom is -0.468 e. The lowest BCUT2D eigenvalue weighted by Crippen LogP contribution is -2.50. The van der Waals surface area contributed by atoms with Crippen molar-refractivity contribution in [3.63, 3.8) is 0 Å². The molecule has 0 spiro atoms. The maximum atomic E-state index is 11.7. The predicted octanol–water partition coefficient (Wildman–Crippen LogP) is 1.75. The summed E-state index contributed by atoms with van der Waals surface area (Å²) in [5.74, 6) is -0.225. The maximum Gasteiger partial charge on any atom is 0.325 e. The van der Waals surface area contributed by atoms with Crippen LogP contribution < -0.4 is 5.32 Å². The smallest absolute Gasteiger partial charge is 0.325 e. The summed E-state index contributed by atoms with van der Waals surface area (Å²) in [6.07, 6.45) is 1.73. The number of rotatable bonds is 11. The van der Waals surface area contributed by atoms with E-state index in [0.29, 0.717) is 26.2 Å². The first-order valence-corrected chi connectivity index (χ1v) is 6.99. The number of carbonyl (C=O) groups excluding carboxylic acids is 1. The second kappa shape index (κ2) is 10.2. The molecule has 0 aromatic heterocycles. The lowest BCUT2D eigenvalue weighted by molar-refractivity contribution is -0.148. The van der Waals surface area contributed by atoms with E-state index in [4.69, 9.17) is 14.2 Å². The largest absolute Gasteiger partial charge is 0.468 e. The Labute approximate surface area is 117 Å². The van der Waals surface area contributed by atoms with Gasteiger partial charge in [-0.3, -0.25) is 4.79 Å². The normalized spacial score (nSPS) is 14.4. The zero-order chi connectivity index (χ0) is 14.7. The monoisotopic (exact) mass is 275 g/mol. The molecular formula is C14H29NO4. The van der Waals surface area contributed by atoms with Gasteiger partial charge in [-0.25, -0.2) is 0 Å². The number of hydrogen-bond acceptors (Lipinski definition) is 5. The first-order valence-electron chi connectivity index (χ1n) is 6.99. The Balaban J connectivity index is 3.79. The number of hydrogen-bond donors (Lipinski definition) is 1. The SMILES string of the molecule is CCNC(C)(CCCOCCOC(C)C)C(=O)OC. The van der Waals surface area contributed by atoms with E-state index in [1.807, 2.05) is 27.7 Å². The summed E-state index contributed by atoms with van der Waals surface area (Å²) in [5, 5.41) is 3.17. The van der Waals surface area contributed by atoms with Gasteiger partial charge in [0.05, 0.1) is 26.4 Å². The molecule has 19 heavy (non-hydrogen) atoms. The van der Waals surface area contributed by atoms with E-state index in [1.54, 1.807) is 0 Å². The third kappa shape index (κ3) is 8.18. The molecule has 0 radical (unpaired) electrons. The molecule has 0 saturated carbocycles. The lowest BCUT2D eigenvalue weighted by Gasteiger charge is -2.27. The van der Waals surface area contributed by atoms with Crippen LogP contribution in [-0.4, -0.2) is 51.1 Å². The van der Waals surface area contributed by atoms with Crippen molar-refractivity contribution in [1.29, 1.82) is 0 Å². The summed E-state index contributed by atoms with van der Waals surface area (Å²) in [7, 11) is 1.41. The van der Waals surface area contributed by atoms with Gasteiger partial charge in [-0.15, -0.1) is 0 Å². The quantitative estimate of drug-likeness (QED) is 0.460. The van der Waals surface area contributed by atoms with Gasteiger partial charge < -0.3 is 19.5 Å². The molecule has 0 aliphatic carbocycles. The Bertz CT molecular complexity index is 246. The molecule has 0 saturated heterocycles. The molecule has 0 aromatic carbocycles. The Morgan fingerprint density at radius 1 is 1.26 bits per heavy atom. The summed E-state index contributed by atoms with van der Waals surface area (Å²) in [5.41, 5.74) is -0.624. The third-order valence-corrected chi connectivity index (χ3v) is 2.85. The number of likely N-dealkylation sites (N-methyl/N-ethyl adjacent to an activating group) is 1. The molecule has 5 nitrogen and oxygen atoms in total. The van der Waals surface area contributed by atoms with Gasteiger partial charge in [0.1, 0.15) is 5.54 Å². The molecule has 0 bridgehead atoms. The predicted molar refractivity (Wildman–Crippen MR) is 75.2 cm³/mol. The Hall–Kier alpha value is -0.650. The average Bonchev–Trinajstić information content (AvgIpc) is 2.36. The van der Waals surface area contributed by atoms with E-state index in [-0.39, 0.29) is 12.1 Å². The highest BCUT2D eigenvalue weighted by Gasteiger charge is 2.32. The van der Waals surface area contributed by atoms with Crippen LogP contribution >= 0.6 is 0 Å². The molecule has 1 N–H and O–H groups in total. The van der Waals surface area contributed by atoms with Gasteiger partial charge in [0.25, 0.3) is 0 Å². The molecule has 114 valence electrons. The highest BCUT2D eigenvalue weighted by molar-refractivity contribution is 5.80. The van der Waals surface area contributed by atoms with Crippen LogP contribution in [0.3, 0.4) is 0 Å². The van der Waals surface area contributed by atoms with E-state index in [9.17, 15) is 4.79 Å². The number of ether oxygens (including phenoxy) is 3. The Morgan fingerprint density at radius 3 is 2.47 bits per heavy atom. The first-order chi connectivity index (χ1) is 8.96. The van der Waals surface area contributed by atoms with Gasteiger partial charge in [0.15, 0.2) is 0 Å². The van der Waals surface area contributed by atoms with Crippen LogP contribution in [0.15, 0.2) is 0 Å². The van der Waals surface area contributed by atoms with Crippen molar-refractivity contribution in [3.05, 3.63) is 0 Å². The van der Waals surface area contributed by atoms with Crippen molar-refractivity contribution in [2.24, 2.45) is 0 Å². The van der Waals surface area contributed by atoms with Gasteiger partial charge in [-0.2, -0.15) is 0 Å². The molecule has 0 aliphatic heterocycles. The third-order valence-electron chi connectivity index (χ3n) is 2.85. The standard InChI is InChI=1S/C14H29NO4/c1-6-15-14(4,13(16)17-5)8-7-9-18-10-11-19-12(2)3/h12,15H,6-11H2,1-5H3. The van der Waals surface area contributed by atoms with Crippen molar-refractivity contribution in [1.82, 2.24) is 5.32 Å². The van der Waals surface area contributed by atoms with Gasteiger partial charge in [0, 0.05) is 6.61 Å². The van der Waals surface area contributed by atoms with Crippen LogP contribution in [0.25, 0.3) is 0 Å². The van der Waals surface area contributed by atoms with Crippen LogP contribution in [0.4, 0.5) is 0 Å². The highest BCUT2D eigenvalue weighted by atomic mass is 16.5. The molecule has 0 amide bonds. The van der Waals surface area contributed by atoms with Crippen molar-refractivity contribution < 1.29 is 19.0 Å². The lowest BCUT2D eigenvalue weighted by atomic mass is 9.96. The minimum atomic E-state index is -0.624. The molecule has 5 heteroatoms. The highest BCUT2D eigenvalue weighted by Crippen LogP contribution is 2.14. The van der Waals surface area contributed by atoms with Crippen molar-refractivity contribution in [2.75, 3.05) is 33.5 Å². The van der Waals surface area contributed by atoms with Crippen LogP contribution in [-0.2, 0) is 19.0 Å². The van der Waals surface area contributed by atoms with Crippen LogP contribution in [0.2, 0.25) is 0 Å². The summed E-state index contributed by atoms with van der Waals surface area (Å²) < 4.78 is 15.7. The van der Waals surface area contributed by atoms with E-state index >= 15 is 0 Å². The molecule has 1 atom stereocenters. The maximum absolute atomic E-state index is 11.7. The second-order valence-electron chi connectivity index (χ2n) is 4.99. The first kappa shape index (κ1) is 18.4. The van der Waals surface area contributed by atoms with E-state index < -0.39 is 5.54 Å². The zero-order valence-electron chi connectivity index (χ0n) is 13.0. The van der Waals surface area contributed by atoms with Gasteiger partial charge in [0.2, 0.25) is 0 Å². The fourth-order valence-corrected chi connectivity index (χ4v) is 1.85. The fraction of sp³-hybridized carbons (Fsp3) is 0.929. The molecule has 0 rings (SSSR count). The zero-order valence-corrected chi connectivity index (χ0v) is 13.0. The average molecular weight is 275 g/mol. The summed E-state index contributed by atoms with van der Waals surface area (Å²) in [6, 6.07) is 0. The van der Waals surface area contributed by atoms with E-state index in [1.165, 1.54) is 7.11 Å². The molecule has 0 aliphatic rings. The van der Waals surface area contributed by atoms with Crippen LogP contribution in [0, 0.1) is 0 Å². The van der Waals surface area contributed by atoms with Crippen molar-refractivity contribution in [3.8, 4) is 0 Å². The van der Waals surface area contributed by atoms with E-state index in [0.717, 1.165) is 13.0 Å². The number of methoxy groups -OCH3 is 1. The fourth-order valence-electron chi connectivity index (χ4n) is 1.85. The van der Waals surface area contributed by atoms with Crippen molar-refractivity contribution >= 4 is 5.97 Å². The van der Waals surface area contributed by atoms with E-state index in [2.05, 4.69) is 5.32 Å². The second-order valence-corrected chi connectivity index (χ2v) is 4.99. The molecule has 0 fully saturated rings.